The van der Waals surface area contributed by atoms with E-state index < -0.39 is 0 Å². The number of ether oxygens (including phenoxy) is 2. The van der Waals surface area contributed by atoms with Crippen LogP contribution in [0.2, 0.25) is 10.0 Å². The van der Waals surface area contributed by atoms with Gasteiger partial charge in [-0.15, -0.1) is 0 Å². The molecule has 0 spiro atoms. The summed E-state index contributed by atoms with van der Waals surface area (Å²) in [4.78, 5) is 11.0. The van der Waals surface area contributed by atoms with Gasteiger partial charge in [-0.25, -0.2) is 0 Å². The highest BCUT2D eigenvalue weighted by molar-refractivity contribution is 6.36. The first kappa shape index (κ1) is 14.7. The fraction of sp³-hybridized carbons (Fsp3) is 0.133. The third kappa shape index (κ3) is 3.24. The van der Waals surface area contributed by atoms with Gasteiger partial charge in [0.25, 0.3) is 0 Å². The zero-order chi connectivity index (χ0) is 14.5. The van der Waals surface area contributed by atoms with E-state index in [-0.39, 0.29) is 6.61 Å². The topological polar surface area (TPSA) is 35.5 Å². The summed E-state index contributed by atoms with van der Waals surface area (Å²) in [6.45, 7) is 0.242. The maximum absolute atomic E-state index is 11.0. The largest absolute Gasteiger partial charge is 0.496 e. The number of aldehydes is 1. The zero-order valence-corrected chi connectivity index (χ0v) is 12.2. The average molecular weight is 311 g/mol. The van der Waals surface area contributed by atoms with Crippen LogP contribution in [0.25, 0.3) is 0 Å². The quantitative estimate of drug-likeness (QED) is 0.768. The summed E-state index contributed by atoms with van der Waals surface area (Å²) in [7, 11) is 1.59. The van der Waals surface area contributed by atoms with Crippen molar-refractivity contribution in [3.63, 3.8) is 0 Å². The normalized spacial score (nSPS) is 10.2. The molecule has 20 heavy (non-hydrogen) atoms. The Balaban J connectivity index is 2.25. The van der Waals surface area contributed by atoms with Crippen molar-refractivity contribution in [1.29, 1.82) is 0 Å². The highest BCUT2D eigenvalue weighted by Gasteiger charge is 2.11. The maximum Gasteiger partial charge on any atom is 0.153 e. The molecule has 0 aromatic heterocycles. The van der Waals surface area contributed by atoms with Crippen molar-refractivity contribution in [3.05, 3.63) is 57.6 Å². The van der Waals surface area contributed by atoms with Gasteiger partial charge in [0.05, 0.1) is 17.7 Å². The predicted molar refractivity (Wildman–Crippen MR) is 79.2 cm³/mol. The first-order valence-electron chi connectivity index (χ1n) is 5.84. The lowest BCUT2D eigenvalue weighted by molar-refractivity contribution is 0.111. The third-order valence-corrected chi connectivity index (χ3v) is 3.23. The summed E-state index contributed by atoms with van der Waals surface area (Å²) < 4.78 is 10.9. The second-order valence-corrected chi connectivity index (χ2v) is 4.87. The Morgan fingerprint density at radius 3 is 2.65 bits per heavy atom. The Kier molecular flexibility index (Phi) is 4.88. The molecule has 2 aromatic rings. The summed E-state index contributed by atoms with van der Waals surface area (Å²) in [6.07, 6.45) is 0.662. The van der Waals surface area contributed by atoms with Crippen molar-refractivity contribution in [2.75, 3.05) is 7.11 Å². The summed E-state index contributed by atoms with van der Waals surface area (Å²) >= 11 is 11.9. The van der Waals surface area contributed by atoms with Crippen LogP contribution in [0.15, 0.2) is 36.4 Å². The minimum atomic E-state index is 0.242. The molecule has 0 aliphatic heterocycles. The highest BCUT2D eigenvalue weighted by atomic mass is 35.5. The van der Waals surface area contributed by atoms with Gasteiger partial charge in [0, 0.05) is 10.6 Å². The minimum absolute atomic E-state index is 0.242. The van der Waals surface area contributed by atoms with Gasteiger partial charge >= 0.3 is 0 Å². The first-order valence-corrected chi connectivity index (χ1v) is 6.60. The molecule has 0 heterocycles. The Labute approximate surface area is 127 Å². The molecule has 2 rings (SSSR count). The molecule has 3 nitrogen and oxygen atoms in total. The highest BCUT2D eigenvalue weighted by Crippen LogP contribution is 2.32. The number of methoxy groups -OCH3 is 1. The molecule has 0 saturated carbocycles. The first-order chi connectivity index (χ1) is 9.65. The lowest BCUT2D eigenvalue weighted by Gasteiger charge is -2.13. The van der Waals surface area contributed by atoms with Crippen LogP contribution in [0.3, 0.4) is 0 Å². The van der Waals surface area contributed by atoms with Crippen molar-refractivity contribution >= 4 is 29.5 Å². The van der Waals surface area contributed by atoms with Crippen LogP contribution in [0.1, 0.15) is 15.9 Å². The fourth-order valence-electron chi connectivity index (χ4n) is 1.79. The molecule has 0 radical (unpaired) electrons. The van der Waals surface area contributed by atoms with Crippen LogP contribution >= 0.6 is 23.2 Å². The molecule has 0 atom stereocenters. The van der Waals surface area contributed by atoms with E-state index in [1.807, 2.05) is 24.3 Å². The van der Waals surface area contributed by atoms with E-state index in [1.165, 1.54) is 12.1 Å². The molecule has 5 heteroatoms. The number of benzene rings is 2. The molecular formula is C15H12Cl2O3. The molecule has 0 amide bonds. The van der Waals surface area contributed by atoms with Crippen molar-refractivity contribution in [2.24, 2.45) is 0 Å². The number of rotatable bonds is 5. The molecule has 0 N–H and O–H groups in total. The van der Waals surface area contributed by atoms with Gasteiger partial charge in [-0.05, 0) is 18.2 Å². The van der Waals surface area contributed by atoms with Crippen molar-refractivity contribution in [2.45, 2.75) is 6.61 Å². The summed E-state index contributed by atoms with van der Waals surface area (Å²) in [5.41, 5.74) is 1.18. The van der Waals surface area contributed by atoms with Crippen LogP contribution in [-0.4, -0.2) is 13.4 Å². The van der Waals surface area contributed by atoms with E-state index in [0.29, 0.717) is 33.4 Å². The molecule has 2 aromatic carbocycles. The van der Waals surface area contributed by atoms with Crippen molar-refractivity contribution in [3.8, 4) is 11.5 Å². The number of hydrogen-bond acceptors (Lipinski definition) is 3. The van der Waals surface area contributed by atoms with E-state index in [4.69, 9.17) is 32.7 Å². The van der Waals surface area contributed by atoms with E-state index in [1.54, 1.807) is 7.11 Å². The summed E-state index contributed by atoms with van der Waals surface area (Å²) in [6, 6.07) is 10.5. The Morgan fingerprint density at radius 1 is 1.20 bits per heavy atom. The van der Waals surface area contributed by atoms with Crippen LogP contribution in [0.5, 0.6) is 11.5 Å². The van der Waals surface area contributed by atoms with E-state index in [0.717, 1.165) is 5.56 Å². The molecule has 0 bridgehead atoms. The molecule has 0 unspecified atom stereocenters. The predicted octanol–water partition coefficient (Wildman–Crippen LogP) is 4.39. The van der Waals surface area contributed by atoms with Crippen molar-refractivity contribution in [1.82, 2.24) is 0 Å². The number of para-hydroxylation sites is 1. The lowest BCUT2D eigenvalue weighted by Crippen LogP contribution is -2.01. The van der Waals surface area contributed by atoms with E-state index in [2.05, 4.69) is 0 Å². The van der Waals surface area contributed by atoms with Crippen LogP contribution in [-0.2, 0) is 6.61 Å². The van der Waals surface area contributed by atoms with Gasteiger partial charge in [0.15, 0.2) is 6.29 Å². The van der Waals surface area contributed by atoms with Crippen LogP contribution in [0, 0.1) is 0 Å². The number of halogens is 2. The zero-order valence-electron chi connectivity index (χ0n) is 10.7. The lowest BCUT2D eigenvalue weighted by atomic mass is 10.2. The minimum Gasteiger partial charge on any atom is -0.496 e. The number of carbonyl (C=O) groups is 1. The Morgan fingerprint density at radius 2 is 1.95 bits per heavy atom. The maximum atomic E-state index is 11.0. The second kappa shape index (κ2) is 6.64. The Hall–Kier alpha value is -1.71. The van der Waals surface area contributed by atoms with Gasteiger partial charge in [0.1, 0.15) is 18.1 Å². The van der Waals surface area contributed by atoms with Gasteiger partial charge in [-0.3, -0.25) is 4.79 Å². The number of carbonyl (C=O) groups excluding carboxylic acids is 1. The van der Waals surface area contributed by atoms with Crippen molar-refractivity contribution < 1.29 is 14.3 Å². The monoisotopic (exact) mass is 310 g/mol. The Bertz CT molecular complexity index is 627. The van der Waals surface area contributed by atoms with Crippen LogP contribution < -0.4 is 9.47 Å². The SMILES string of the molecule is COc1ccccc1COc1c(Cl)cc(Cl)cc1C=O. The van der Waals surface area contributed by atoms with Gasteiger partial charge in [-0.2, -0.15) is 0 Å². The number of hydrogen-bond donors (Lipinski definition) is 0. The average Bonchev–Trinajstić information content (AvgIpc) is 2.45. The third-order valence-electron chi connectivity index (χ3n) is 2.73. The van der Waals surface area contributed by atoms with Gasteiger partial charge in [-0.1, -0.05) is 41.4 Å². The molecule has 0 saturated heterocycles. The smallest absolute Gasteiger partial charge is 0.153 e. The summed E-state index contributed by atoms with van der Waals surface area (Å²) in [5, 5.41) is 0.691. The van der Waals surface area contributed by atoms with E-state index in [9.17, 15) is 4.79 Å². The van der Waals surface area contributed by atoms with E-state index >= 15 is 0 Å². The molecular weight excluding hydrogens is 299 g/mol. The fourth-order valence-corrected chi connectivity index (χ4v) is 2.36. The van der Waals surface area contributed by atoms with Gasteiger partial charge < -0.3 is 9.47 Å². The van der Waals surface area contributed by atoms with Crippen LogP contribution in [0.4, 0.5) is 0 Å². The molecule has 0 aliphatic carbocycles. The second-order valence-electron chi connectivity index (χ2n) is 4.02. The molecule has 0 fully saturated rings. The standard InChI is InChI=1S/C15H12Cl2O3/c1-19-14-5-3-2-4-10(14)9-20-15-11(8-18)6-12(16)7-13(15)17/h2-8H,9H2,1H3. The molecule has 104 valence electrons. The summed E-state index contributed by atoms with van der Waals surface area (Å²) in [5.74, 6) is 1.03. The van der Waals surface area contributed by atoms with Gasteiger partial charge in [0.2, 0.25) is 0 Å². The molecule has 0 aliphatic rings.